The fourth-order valence-electron chi connectivity index (χ4n) is 4.88. The third-order valence-electron chi connectivity index (χ3n) is 7.03. The highest BCUT2D eigenvalue weighted by Gasteiger charge is 2.28. The van der Waals surface area contributed by atoms with E-state index >= 15 is 0 Å². The monoisotopic (exact) mass is 548 g/mol. The molecule has 0 bridgehead atoms. The van der Waals surface area contributed by atoms with Crippen LogP contribution in [0.15, 0.2) is 108 Å². The lowest BCUT2D eigenvalue weighted by molar-refractivity contribution is 0.190. The minimum absolute atomic E-state index is 0.238. The Hall–Kier alpha value is -5.11. The number of methoxy groups -OCH3 is 2. The molecule has 5 aromatic rings. The first-order valence-electron chi connectivity index (χ1n) is 13.4. The molecule has 0 saturated heterocycles. The number of urea groups is 1. The fourth-order valence-corrected chi connectivity index (χ4v) is 4.88. The van der Waals surface area contributed by atoms with Gasteiger partial charge in [-0.15, -0.1) is 0 Å². The number of rotatable bonds is 9. The first-order chi connectivity index (χ1) is 20.0. The van der Waals surface area contributed by atoms with Crippen LogP contribution in [0, 0.1) is 0 Å². The predicted octanol–water partition coefficient (Wildman–Crippen LogP) is 6.24. The molecule has 0 spiro atoms. The molecule has 1 unspecified atom stereocenters. The summed E-state index contributed by atoms with van der Waals surface area (Å²) in [5.41, 5.74) is 2.56. The third-order valence-corrected chi connectivity index (χ3v) is 7.03. The van der Waals surface area contributed by atoms with Crippen LogP contribution >= 0.6 is 0 Å². The highest BCUT2D eigenvalue weighted by Crippen LogP contribution is 2.28. The molecule has 1 N–H and O–H groups in total. The molecule has 4 aromatic carbocycles. The van der Waals surface area contributed by atoms with Gasteiger partial charge in [0.25, 0.3) is 5.56 Å². The average Bonchev–Trinajstić information content (AvgIpc) is 3.01. The van der Waals surface area contributed by atoms with E-state index in [2.05, 4.69) is 5.32 Å². The molecular weight excluding hydrogens is 516 g/mol. The zero-order chi connectivity index (χ0) is 28.8. The van der Waals surface area contributed by atoms with Crippen LogP contribution in [0.25, 0.3) is 16.6 Å². The number of benzene rings is 4. The summed E-state index contributed by atoms with van der Waals surface area (Å²) in [5.74, 6) is 1.58. The van der Waals surface area contributed by atoms with Crippen LogP contribution in [0.3, 0.4) is 0 Å². The summed E-state index contributed by atoms with van der Waals surface area (Å²) in [7, 11) is 3.15. The molecule has 8 heteroatoms. The average molecular weight is 549 g/mol. The van der Waals surface area contributed by atoms with Gasteiger partial charge >= 0.3 is 6.03 Å². The molecule has 1 atom stereocenters. The number of nitrogens with one attached hydrogen (secondary N) is 1. The summed E-state index contributed by atoms with van der Waals surface area (Å²) in [6.07, 6.45) is 0.614. The van der Waals surface area contributed by atoms with E-state index in [1.165, 1.54) is 0 Å². The van der Waals surface area contributed by atoms with Crippen molar-refractivity contribution in [1.82, 2.24) is 14.5 Å². The maximum atomic E-state index is 14.0. The van der Waals surface area contributed by atoms with Crippen LogP contribution in [0.2, 0.25) is 0 Å². The highest BCUT2D eigenvalue weighted by molar-refractivity contribution is 5.90. The fraction of sp³-hybridized carbons (Fsp3) is 0.182. The Kier molecular flexibility index (Phi) is 8.29. The Labute approximate surface area is 238 Å². The molecule has 5 rings (SSSR count). The number of carbonyl (C=O) groups is 1. The minimum atomic E-state index is -0.591. The van der Waals surface area contributed by atoms with Gasteiger partial charge in [0.15, 0.2) is 0 Å². The van der Waals surface area contributed by atoms with Gasteiger partial charge in [0.1, 0.15) is 17.3 Å². The van der Waals surface area contributed by atoms with Crippen LogP contribution in [-0.4, -0.2) is 41.2 Å². The van der Waals surface area contributed by atoms with Crippen molar-refractivity contribution in [3.05, 3.63) is 125 Å². The lowest BCUT2D eigenvalue weighted by Gasteiger charge is -2.31. The second kappa shape index (κ2) is 12.4. The second-order valence-electron chi connectivity index (χ2n) is 9.57. The van der Waals surface area contributed by atoms with E-state index in [1.807, 2.05) is 85.8 Å². The van der Waals surface area contributed by atoms with Gasteiger partial charge in [-0.25, -0.2) is 9.78 Å². The van der Waals surface area contributed by atoms with E-state index < -0.39 is 6.04 Å². The molecule has 41 heavy (non-hydrogen) atoms. The third kappa shape index (κ3) is 5.91. The lowest BCUT2D eigenvalue weighted by Crippen LogP contribution is -2.41. The number of hydrogen-bond acceptors (Lipinski definition) is 5. The SMILES string of the molecule is COc1cccc(NC(=O)N(CCc2ccccc2)C(C)c2nc3ccccc3c(=O)n2-c2ccccc2OC)c1. The Morgan fingerprint density at radius 1 is 0.902 bits per heavy atom. The minimum Gasteiger partial charge on any atom is -0.497 e. The zero-order valence-electron chi connectivity index (χ0n) is 23.3. The molecule has 2 amide bonds. The van der Waals surface area contributed by atoms with Gasteiger partial charge in [-0.2, -0.15) is 0 Å². The van der Waals surface area contributed by atoms with Gasteiger partial charge in [0, 0.05) is 18.3 Å². The van der Waals surface area contributed by atoms with Gasteiger partial charge in [-0.05, 0) is 55.3 Å². The predicted molar refractivity (Wildman–Crippen MR) is 161 cm³/mol. The molecule has 0 aliphatic rings. The summed E-state index contributed by atoms with van der Waals surface area (Å²) in [6, 6.07) is 30.8. The van der Waals surface area contributed by atoms with E-state index in [4.69, 9.17) is 14.5 Å². The summed E-state index contributed by atoms with van der Waals surface area (Å²) in [6.45, 7) is 2.27. The summed E-state index contributed by atoms with van der Waals surface area (Å²) in [5, 5.41) is 3.48. The molecule has 8 nitrogen and oxygen atoms in total. The highest BCUT2D eigenvalue weighted by atomic mass is 16.5. The Morgan fingerprint density at radius 2 is 1.63 bits per heavy atom. The number of para-hydroxylation sites is 3. The topological polar surface area (TPSA) is 85.7 Å². The van der Waals surface area contributed by atoms with E-state index in [0.29, 0.717) is 52.6 Å². The van der Waals surface area contributed by atoms with Crippen LogP contribution in [0.1, 0.15) is 24.4 Å². The Balaban J connectivity index is 1.62. The number of aromatic nitrogens is 2. The van der Waals surface area contributed by atoms with Crippen LogP contribution in [0.4, 0.5) is 10.5 Å². The van der Waals surface area contributed by atoms with E-state index in [-0.39, 0.29) is 11.6 Å². The number of ether oxygens (including phenoxy) is 2. The first-order valence-corrected chi connectivity index (χ1v) is 13.4. The molecule has 0 radical (unpaired) electrons. The van der Waals surface area contributed by atoms with Crippen molar-refractivity contribution in [2.75, 3.05) is 26.1 Å². The summed E-state index contributed by atoms with van der Waals surface area (Å²) < 4.78 is 12.5. The van der Waals surface area contributed by atoms with Crippen molar-refractivity contribution < 1.29 is 14.3 Å². The lowest BCUT2D eigenvalue weighted by atomic mass is 10.1. The molecule has 1 heterocycles. The summed E-state index contributed by atoms with van der Waals surface area (Å²) >= 11 is 0. The molecule has 208 valence electrons. The van der Waals surface area contributed by atoms with Crippen LogP contribution < -0.4 is 20.3 Å². The van der Waals surface area contributed by atoms with Gasteiger partial charge in [0.05, 0.1) is 36.9 Å². The Bertz CT molecular complexity index is 1720. The smallest absolute Gasteiger partial charge is 0.322 e. The zero-order valence-corrected chi connectivity index (χ0v) is 23.3. The van der Waals surface area contributed by atoms with Crippen molar-refractivity contribution in [3.63, 3.8) is 0 Å². The summed E-state index contributed by atoms with van der Waals surface area (Å²) in [4.78, 5) is 34.5. The normalized spacial score (nSPS) is 11.6. The molecule has 0 aliphatic carbocycles. The number of fused-ring (bicyclic) bond motifs is 1. The number of hydrogen-bond donors (Lipinski definition) is 1. The maximum absolute atomic E-state index is 14.0. The van der Waals surface area contributed by atoms with Crippen molar-refractivity contribution >= 4 is 22.6 Å². The standard InChI is InChI=1S/C33H32N4O4/c1-23(31-35-28-17-8-7-16-27(28)32(38)37(31)29-18-9-10-19-30(29)41-3)36(21-20-24-12-5-4-6-13-24)33(39)34-25-14-11-15-26(22-25)40-2/h4-19,22-23H,20-21H2,1-3H3,(H,34,39). The van der Waals surface area contributed by atoms with Gasteiger partial charge in [-0.3, -0.25) is 9.36 Å². The second-order valence-corrected chi connectivity index (χ2v) is 9.57. The first kappa shape index (κ1) is 27.5. The molecule has 0 saturated carbocycles. The molecule has 0 aliphatic heterocycles. The van der Waals surface area contributed by atoms with Crippen LogP contribution in [-0.2, 0) is 6.42 Å². The number of carbonyl (C=O) groups excluding carboxylic acids is 1. The van der Waals surface area contributed by atoms with Crippen molar-refractivity contribution in [3.8, 4) is 17.2 Å². The van der Waals surface area contributed by atoms with Crippen molar-refractivity contribution in [1.29, 1.82) is 0 Å². The van der Waals surface area contributed by atoms with E-state index in [1.54, 1.807) is 48.0 Å². The van der Waals surface area contributed by atoms with Gasteiger partial charge in [0.2, 0.25) is 0 Å². The quantitative estimate of drug-likeness (QED) is 0.236. The largest absolute Gasteiger partial charge is 0.497 e. The van der Waals surface area contributed by atoms with E-state index in [9.17, 15) is 9.59 Å². The molecule has 0 fully saturated rings. The van der Waals surface area contributed by atoms with Gasteiger partial charge < -0.3 is 19.7 Å². The van der Waals surface area contributed by atoms with E-state index in [0.717, 1.165) is 5.56 Å². The molecular formula is C33H32N4O4. The van der Waals surface area contributed by atoms with Crippen molar-refractivity contribution in [2.24, 2.45) is 0 Å². The number of nitrogens with zero attached hydrogens (tertiary/aromatic N) is 3. The molecule has 1 aromatic heterocycles. The number of amides is 2. The van der Waals surface area contributed by atoms with Crippen molar-refractivity contribution in [2.45, 2.75) is 19.4 Å². The van der Waals surface area contributed by atoms with Gasteiger partial charge in [-0.1, -0.05) is 60.7 Å². The maximum Gasteiger partial charge on any atom is 0.322 e. The van der Waals surface area contributed by atoms with Crippen LogP contribution in [0.5, 0.6) is 11.5 Å². The number of anilines is 1. The Morgan fingerprint density at radius 3 is 2.41 bits per heavy atom.